The Morgan fingerprint density at radius 3 is 2.80 bits per heavy atom. The van der Waals surface area contributed by atoms with E-state index in [1.807, 2.05) is 0 Å². The molecule has 1 N–H and O–H groups in total. The molecule has 2 rings (SSSR count). The first-order chi connectivity index (χ1) is 7.11. The van der Waals surface area contributed by atoms with E-state index in [2.05, 4.69) is 9.97 Å². The van der Waals surface area contributed by atoms with Crippen molar-refractivity contribution in [3.8, 4) is 0 Å². The Morgan fingerprint density at radius 2 is 2.13 bits per heavy atom. The van der Waals surface area contributed by atoms with Crippen LogP contribution in [-0.4, -0.2) is 14.5 Å². The smallest absolute Gasteiger partial charge is 0.305 e. The molecule has 0 aliphatic rings. The molecule has 0 radical (unpaired) electrons. The molecule has 0 atom stereocenters. The number of aromatic nitrogens is 3. The Kier molecular flexibility index (Phi) is 2.15. The van der Waals surface area contributed by atoms with Crippen LogP contribution in [0.1, 0.15) is 19.9 Å². The third kappa shape index (κ3) is 1.45. The molecular formula is C10H11N3O2. The minimum atomic E-state index is -0.393. The zero-order valence-corrected chi connectivity index (χ0v) is 8.52. The molecule has 5 heteroatoms. The molecule has 0 unspecified atom stereocenters. The maximum atomic E-state index is 11.9. The van der Waals surface area contributed by atoms with Crippen molar-refractivity contribution in [2.24, 2.45) is 0 Å². The van der Waals surface area contributed by atoms with Crippen molar-refractivity contribution < 1.29 is 0 Å². The molecular weight excluding hydrogens is 194 g/mol. The summed E-state index contributed by atoms with van der Waals surface area (Å²) in [4.78, 5) is 30.0. The molecule has 0 bridgehead atoms. The molecule has 0 amide bonds. The van der Waals surface area contributed by atoms with E-state index in [0.717, 1.165) is 0 Å². The molecule has 0 aromatic carbocycles. The third-order valence-electron chi connectivity index (χ3n) is 2.25. The normalized spacial score (nSPS) is 11.1. The van der Waals surface area contributed by atoms with E-state index >= 15 is 0 Å². The number of hydrogen-bond donors (Lipinski definition) is 1. The summed E-state index contributed by atoms with van der Waals surface area (Å²) >= 11 is 0. The van der Waals surface area contributed by atoms with Crippen LogP contribution in [0.4, 0.5) is 0 Å². The lowest BCUT2D eigenvalue weighted by Gasteiger charge is -2.08. The summed E-state index contributed by atoms with van der Waals surface area (Å²) < 4.78 is 1.20. The molecule has 5 nitrogen and oxygen atoms in total. The molecule has 0 saturated carbocycles. The van der Waals surface area contributed by atoms with Gasteiger partial charge in [0, 0.05) is 12.2 Å². The van der Waals surface area contributed by atoms with E-state index in [0.29, 0.717) is 10.9 Å². The lowest BCUT2D eigenvalue weighted by molar-refractivity contribution is 0.552. The zero-order chi connectivity index (χ0) is 11.0. The van der Waals surface area contributed by atoms with Gasteiger partial charge in [-0.3, -0.25) is 14.3 Å². The average Bonchev–Trinajstić information content (AvgIpc) is 2.17. The Balaban J connectivity index is 2.97. The fourth-order valence-electron chi connectivity index (χ4n) is 1.55. The van der Waals surface area contributed by atoms with Crippen molar-refractivity contribution in [3.05, 3.63) is 39.3 Å². The third-order valence-corrected chi connectivity index (χ3v) is 2.25. The quantitative estimate of drug-likeness (QED) is 0.743. The Bertz CT molecular complexity index is 610. The Hall–Kier alpha value is -1.91. The summed E-state index contributed by atoms with van der Waals surface area (Å²) in [6.45, 7) is 3.59. The minimum absolute atomic E-state index is 0.154. The van der Waals surface area contributed by atoms with Gasteiger partial charge in [-0.25, -0.2) is 4.79 Å². The molecule has 0 spiro atoms. The first-order valence-corrected chi connectivity index (χ1v) is 4.70. The van der Waals surface area contributed by atoms with Crippen LogP contribution in [0, 0.1) is 0 Å². The van der Waals surface area contributed by atoms with Crippen LogP contribution < -0.4 is 11.2 Å². The number of pyridine rings is 1. The highest BCUT2D eigenvalue weighted by atomic mass is 16.2. The van der Waals surface area contributed by atoms with Crippen molar-refractivity contribution in [1.29, 1.82) is 0 Å². The molecule has 0 fully saturated rings. The van der Waals surface area contributed by atoms with Crippen LogP contribution in [0.25, 0.3) is 10.9 Å². The van der Waals surface area contributed by atoms with Crippen LogP contribution in [-0.2, 0) is 0 Å². The number of nitrogens with zero attached hydrogens (tertiary/aromatic N) is 2. The van der Waals surface area contributed by atoms with Crippen molar-refractivity contribution >= 4 is 10.9 Å². The van der Waals surface area contributed by atoms with Gasteiger partial charge in [0.25, 0.3) is 5.56 Å². The second-order valence-corrected chi connectivity index (χ2v) is 3.62. The lowest BCUT2D eigenvalue weighted by atomic mass is 10.3. The van der Waals surface area contributed by atoms with Crippen LogP contribution in [0.15, 0.2) is 28.0 Å². The number of rotatable bonds is 1. The van der Waals surface area contributed by atoms with Gasteiger partial charge in [-0.1, -0.05) is 0 Å². The van der Waals surface area contributed by atoms with Gasteiger partial charge in [0.1, 0.15) is 0 Å². The minimum Gasteiger partial charge on any atom is -0.305 e. The van der Waals surface area contributed by atoms with Crippen molar-refractivity contribution in [2.75, 3.05) is 0 Å². The summed E-state index contributed by atoms with van der Waals surface area (Å²) in [6.07, 6.45) is 3.01. The number of hydrogen-bond acceptors (Lipinski definition) is 3. The van der Waals surface area contributed by atoms with Gasteiger partial charge in [-0.2, -0.15) is 0 Å². The Labute approximate surface area is 85.4 Å². The second-order valence-electron chi connectivity index (χ2n) is 3.62. The summed E-state index contributed by atoms with van der Waals surface area (Å²) in [5.41, 5.74) is -0.189. The zero-order valence-electron chi connectivity index (χ0n) is 8.52. The number of fused-ring (bicyclic) bond motifs is 1. The number of H-pyrrole nitrogens is 1. The topological polar surface area (TPSA) is 67.8 Å². The molecule has 2 heterocycles. The predicted molar refractivity (Wildman–Crippen MR) is 57.0 cm³/mol. The number of aromatic amines is 1. The van der Waals surface area contributed by atoms with Gasteiger partial charge in [-0.05, 0) is 19.9 Å². The maximum absolute atomic E-state index is 11.9. The lowest BCUT2D eigenvalue weighted by Crippen LogP contribution is -2.36. The first-order valence-electron chi connectivity index (χ1n) is 4.70. The molecule has 0 saturated heterocycles. The fourth-order valence-corrected chi connectivity index (χ4v) is 1.55. The average molecular weight is 205 g/mol. The second kappa shape index (κ2) is 3.34. The highest BCUT2D eigenvalue weighted by Gasteiger charge is 2.09. The number of nitrogens with one attached hydrogen (secondary N) is 1. The largest absolute Gasteiger partial charge is 0.329 e. The summed E-state index contributed by atoms with van der Waals surface area (Å²) in [7, 11) is 0. The maximum Gasteiger partial charge on any atom is 0.329 e. The SMILES string of the molecule is CC(C)n1c(=O)[nH]c2cnccc2c1=O. The highest BCUT2D eigenvalue weighted by molar-refractivity contribution is 5.75. The van der Waals surface area contributed by atoms with E-state index in [-0.39, 0.29) is 11.6 Å². The molecule has 2 aromatic heterocycles. The van der Waals surface area contributed by atoms with E-state index in [9.17, 15) is 9.59 Å². The molecule has 0 aliphatic heterocycles. The van der Waals surface area contributed by atoms with Crippen LogP contribution in [0.2, 0.25) is 0 Å². The summed E-state index contributed by atoms with van der Waals surface area (Å²) in [5.74, 6) is 0. The first kappa shape index (κ1) is 9.64. The van der Waals surface area contributed by atoms with Gasteiger partial charge in [0.05, 0.1) is 17.1 Å². The predicted octanol–water partition coefficient (Wildman–Crippen LogP) is 0.666. The Morgan fingerprint density at radius 1 is 1.40 bits per heavy atom. The van der Waals surface area contributed by atoms with Gasteiger partial charge < -0.3 is 4.98 Å². The van der Waals surface area contributed by atoms with Crippen LogP contribution in [0.5, 0.6) is 0 Å². The van der Waals surface area contributed by atoms with Gasteiger partial charge in [-0.15, -0.1) is 0 Å². The summed E-state index contributed by atoms with van der Waals surface area (Å²) in [5, 5.41) is 0.485. The molecule has 2 aromatic rings. The van der Waals surface area contributed by atoms with Gasteiger partial charge in [0.2, 0.25) is 0 Å². The van der Waals surface area contributed by atoms with E-state index < -0.39 is 5.69 Å². The van der Waals surface area contributed by atoms with Crippen molar-refractivity contribution in [3.63, 3.8) is 0 Å². The molecule has 15 heavy (non-hydrogen) atoms. The van der Waals surface area contributed by atoms with E-state index in [4.69, 9.17) is 0 Å². The monoisotopic (exact) mass is 205 g/mol. The van der Waals surface area contributed by atoms with E-state index in [1.165, 1.54) is 17.0 Å². The fraction of sp³-hybridized carbons (Fsp3) is 0.300. The van der Waals surface area contributed by atoms with Crippen molar-refractivity contribution in [1.82, 2.24) is 14.5 Å². The summed E-state index contributed by atoms with van der Waals surface area (Å²) in [6, 6.07) is 1.45. The highest BCUT2D eigenvalue weighted by Crippen LogP contribution is 2.03. The van der Waals surface area contributed by atoms with Crippen molar-refractivity contribution in [2.45, 2.75) is 19.9 Å². The standard InChI is InChI=1S/C10H11N3O2/c1-6(2)13-9(14)7-3-4-11-5-8(7)12-10(13)15/h3-6H,1-2H3,(H,12,15). The molecule has 0 aliphatic carbocycles. The molecule has 78 valence electrons. The van der Waals surface area contributed by atoms with Gasteiger partial charge in [0.15, 0.2) is 0 Å². The van der Waals surface area contributed by atoms with Crippen LogP contribution >= 0.6 is 0 Å². The van der Waals surface area contributed by atoms with Gasteiger partial charge >= 0.3 is 5.69 Å². The van der Waals surface area contributed by atoms with Crippen LogP contribution in [0.3, 0.4) is 0 Å². The van der Waals surface area contributed by atoms with E-state index in [1.54, 1.807) is 19.9 Å².